The summed E-state index contributed by atoms with van der Waals surface area (Å²) in [5.41, 5.74) is 1.83. The van der Waals surface area contributed by atoms with Crippen LogP contribution in [0, 0.1) is 21.8 Å². The van der Waals surface area contributed by atoms with Gasteiger partial charge in [0, 0.05) is 32.2 Å². The number of aromatic nitrogens is 5. The van der Waals surface area contributed by atoms with Crippen molar-refractivity contribution in [2.45, 2.75) is 64.3 Å². The molecule has 228 valence electrons. The number of halogens is 1. The van der Waals surface area contributed by atoms with Crippen molar-refractivity contribution in [3.63, 3.8) is 0 Å². The van der Waals surface area contributed by atoms with Crippen molar-refractivity contribution in [1.82, 2.24) is 25.3 Å². The van der Waals surface area contributed by atoms with E-state index >= 15 is 0 Å². The average Bonchev–Trinajstić information content (AvgIpc) is 3.51. The molecule has 1 aliphatic carbocycles. The van der Waals surface area contributed by atoms with Gasteiger partial charge >= 0.3 is 5.69 Å². The van der Waals surface area contributed by atoms with Crippen LogP contribution in [0.25, 0.3) is 11.0 Å². The minimum Gasteiger partial charge on any atom is -0.383 e. The normalized spacial score (nSPS) is 13.6. The lowest BCUT2D eigenvalue weighted by atomic mass is 9.89. The fourth-order valence-electron chi connectivity index (χ4n) is 5.24. The number of nitro benzene ring substituents is 1. The maximum absolute atomic E-state index is 13.6. The van der Waals surface area contributed by atoms with Gasteiger partial charge in [0.2, 0.25) is 23.4 Å². The van der Waals surface area contributed by atoms with Crippen molar-refractivity contribution in [2.75, 3.05) is 40.9 Å². The van der Waals surface area contributed by atoms with E-state index in [-0.39, 0.29) is 17.0 Å². The highest BCUT2D eigenvalue weighted by molar-refractivity contribution is 5.93. The fraction of sp³-hybridized carbons (Fsp3) is 0.483. The van der Waals surface area contributed by atoms with E-state index in [1.54, 1.807) is 12.1 Å². The molecular formula is C29H37FN10O3. The molecule has 5 rings (SSSR count). The Morgan fingerprint density at radius 1 is 0.837 bits per heavy atom. The van der Waals surface area contributed by atoms with E-state index in [0.717, 1.165) is 37.8 Å². The van der Waals surface area contributed by atoms with Crippen molar-refractivity contribution in [3.8, 4) is 0 Å². The molecule has 0 bridgehead atoms. The van der Waals surface area contributed by atoms with Gasteiger partial charge in [-0.15, -0.1) is 0 Å². The topological polar surface area (TPSA) is 169 Å². The van der Waals surface area contributed by atoms with E-state index < -0.39 is 4.92 Å². The van der Waals surface area contributed by atoms with Crippen LogP contribution in [0.2, 0.25) is 0 Å². The first-order valence-electron chi connectivity index (χ1n) is 14.9. The maximum Gasteiger partial charge on any atom is 0.300 e. The molecule has 2 heterocycles. The number of hydrogen-bond donors (Lipinski definition) is 4. The molecule has 0 amide bonds. The lowest BCUT2D eigenvalue weighted by Gasteiger charge is -2.21. The van der Waals surface area contributed by atoms with Crippen molar-refractivity contribution in [2.24, 2.45) is 5.92 Å². The molecule has 43 heavy (non-hydrogen) atoms. The molecular weight excluding hydrogens is 555 g/mol. The van der Waals surface area contributed by atoms with Crippen LogP contribution in [0.15, 0.2) is 41.0 Å². The number of benzene rings is 2. The Bertz CT molecular complexity index is 1490. The van der Waals surface area contributed by atoms with Crippen LogP contribution in [0.5, 0.6) is 0 Å². The predicted octanol–water partition coefficient (Wildman–Crippen LogP) is 6.14. The monoisotopic (exact) mass is 592 g/mol. The molecule has 2 aromatic heterocycles. The number of fused-ring (bicyclic) bond motifs is 1. The smallest absolute Gasteiger partial charge is 0.300 e. The Morgan fingerprint density at radius 3 is 2.28 bits per heavy atom. The van der Waals surface area contributed by atoms with E-state index in [1.807, 2.05) is 6.07 Å². The largest absolute Gasteiger partial charge is 0.383 e. The standard InChI is InChI=1S/C29H37FN10O3/c30-22-12-8-11-21(17-22)19-34-29-36-27(35-28(37-29)33-18-20-9-4-3-5-10-20)32-16-7-2-1-6-15-31-23-13-14-24(40(41)42)26-25(23)38-43-39-26/h8,11-14,17,20,31H,1-7,9-10,15-16,18-19H2,(H3,32,33,34,35,36,37). The van der Waals surface area contributed by atoms with E-state index in [1.165, 1.54) is 50.3 Å². The van der Waals surface area contributed by atoms with Crippen molar-refractivity contribution >= 4 is 40.3 Å². The second-order valence-electron chi connectivity index (χ2n) is 10.8. The first kappa shape index (κ1) is 29.9. The van der Waals surface area contributed by atoms with Gasteiger partial charge in [-0.1, -0.05) is 44.2 Å². The number of nitrogens with one attached hydrogen (secondary N) is 4. The summed E-state index contributed by atoms with van der Waals surface area (Å²) in [6.45, 7) is 2.63. The first-order chi connectivity index (χ1) is 21.0. The third kappa shape index (κ3) is 8.69. The quantitative estimate of drug-likeness (QED) is 0.0666. The molecule has 0 unspecified atom stereocenters. The highest BCUT2D eigenvalue weighted by atomic mass is 19.1. The zero-order valence-corrected chi connectivity index (χ0v) is 24.0. The lowest BCUT2D eigenvalue weighted by Crippen LogP contribution is -2.19. The van der Waals surface area contributed by atoms with Crippen LogP contribution >= 0.6 is 0 Å². The molecule has 14 heteroatoms. The van der Waals surface area contributed by atoms with Crippen LogP contribution in [-0.2, 0) is 6.54 Å². The number of nitrogens with zero attached hydrogens (tertiary/aromatic N) is 6. The van der Waals surface area contributed by atoms with Crippen LogP contribution in [0.1, 0.15) is 63.4 Å². The first-order valence-corrected chi connectivity index (χ1v) is 14.9. The summed E-state index contributed by atoms with van der Waals surface area (Å²) in [5.74, 6) is 1.80. The summed E-state index contributed by atoms with van der Waals surface area (Å²) < 4.78 is 18.3. The SMILES string of the molecule is O=[N+]([O-])c1ccc(NCCCCCCNc2nc(NCc3cccc(F)c3)nc(NCC3CCCCC3)n2)c2nonc12. The molecule has 1 aliphatic rings. The van der Waals surface area contributed by atoms with Gasteiger partial charge in [-0.2, -0.15) is 15.0 Å². The zero-order chi connectivity index (χ0) is 29.9. The summed E-state index contributed by atoms with van der Waals surface area (Å²) in [7, 11) is 0. The minimum atomic E-state index is -0.500. The fourth-order valence-corrected chi connectivity index (χ4v) is 5.24. The van der Waals surface area contributed by atoms with Crippen LogP contribution in [-0.4, -0.2) is 49.8 Å². The summed E-state index contributed by atoms with van der Waals surface area (Å²) in [5, 5.41) is 31.8. The predicted molar refractivity (Wildman–Crippen MR) is 163 cm³/mol. The van der Waals surface area contributed by atoms with E-state index in [4.69, 9.17) is 4.63 Å². The molecule has 0 atom stereocenters. The van der Waals surface area contributed by atoms with Crippen molar-refractivity contribution < 1.29 is 13.9 Å². The Morgan fingerprint density at radius 2 is 1.53 bits per heavy atom. The molecule has 0 radical (unpaired) electrons. The Balaban J connectivity index is 1.07. The summed E-state index contributed by atoms with van der Waals surface area (Å²) in [6, 6.07) is 9.48. The number of non-ortho nitro benzene ring substituents is 1. The number of anilines is 4. The molecule has 4 N–H and O–H groups in total. The third-order valence-electron chi connectivity index (χ3n) is 7.54. The number of hydrogen-bond acceptors (Lipinski definition) is 12. The maximum atomic E-state index is 13.6. The summed E-state index contributed by atoms with van der Waals surface area (Å²) in [6.07, 6.45) is 10.1. The van der Waals surface area contributed by atoms with Crippen LogP contribution in [0.4, 0.5) is 33.6 Å². The molecule has 13 nitrogen and oxygen atoms in total. The molecule has 2 aromatic carbocycles. The molecule has 4 aromatic rings. The van der Waals surface area contributed by atoms with Gasteiger partial charge in [0.1, 0.15) is 5.82 Å². The highest BCUT2D eigenvalue weighted by Crippen LogP contribution is 2.28. The van der Waals surface area contributed by atoms with E-state index in [2.05, 4.69) is 46.5 Å². The Kier molecular flexibility index (Phi) is 10.4. The number of rotatable bonds is 16. The summed E-state index contributed by atoms with van der Waals surface area (Å²) >= 11 is 0. The minimum absolute atomic E-state index is 0.130. The van der Waals surface area contributed by atoms with Crippen LogP contribution < -0.4 is 21.3 Å². The van der Waals surface area contributed by atoms with Crippen molar-refractivity contribution in [1.29, 1.82) is 0 Å². The summed E-state index contributed by atoms with van der Waals surface area (Å²) in [4.78, 5) is 24.3. The van der Waals surface area contributed by atoms with E-state index in [9.17, 15) is 14.5 Å². The number of unbranched alkanes of at least 4 members (excludes halogenated alkanes) is 3. The third-order valence-corrected chi connectivity index (χ3v) is 7.54. The van der Waals surface area contributed by atoms with Gasteiger partial charge in [0.25, 0.3) is 0 Å². The van der Waals surface area contributed by atoms with Gasteiger partial charge in [-0.25, -0.2) is 9.02 Å². The molecule has 0 saturated heterocycles. The van der Waals surface area contributed by atoms with Crippen molar-refractivity contribution in [3.05, 3.63) is 57.9 Å². The molecule has 1 fully saturated rings. The van der Waals surface area contributed by atoms with Gasteiger partial charge in [0.15, 0.2) is 5.52 Å². The van der Waals surface area contributed by atoms with E-state index in [0.29, 0.717) is 54.6 Å². The molecule has 1 saturated carbocycles. The van der Waals surface area contributed by atoms with Gasteiger partial charge < -0.3 is 21.3 Å². The average molecular weight is 593 g/mol. The molecule has 0 spiro atoms. The molecule has 0 aliphatic heterocycles. The van der Waals surface area contributed by atoms with Gasteiger partial charge in [0.05, 0.1) is 10.6 Å². The lowest BCUT2D eigenvalue weighted by molar-refractivity contribution is -0.383. The van der Waals surface area contributed by atoms with Gasteiger partial charge in [-0.3, -0.25) is 10.1 Å². The Labute approximate surface area is 248 Å². The second-order valence-corrected chi connectivity index (χ2v) is 10.8. The van der Waals surface area contributed by atoms with Crippen LogP contribution in [0.3, 0.4) is 0 Å². The second kappa shape index (κ2) is 15.0. The number of nitro groups is 1. The van der Waals surface area contributed by atoms with Gasteiger partial charge in [-0.05, 0) is 65.7 Å². The highest BCUT2D eigenvalue weighted by Gasteiger charge is 2.19. The Hall–Kier alpha value is -4.62. The zero-order valence-electron chi connectivity index (χ0n) is 24.0.